The van der Waals surface area contributed by atoms with Crippen molar-refractivity contribution >= 4 is 11.8 Å². The van der Waals surface area contributed by atoms with Gasteiger partial charge in [-0.15, -0.1) is 0 Å². The molecule has 31 heavy (non-hydrogen) atoms. The summed E-state index contributed by atoms with van der Waals surface area (Å²) in [5.41, 5.74) is 0.546. The molecular formula is C24H34N2O5. The van der Waals surface area contributed by atoms with Crippen LogP contribution in [0, 0.1) is 5.92 Å². The minimum absolute atomic E-state index is 0.00290. The fourth-order valence-corrected chi connectivity index (χ4v) is 5.17. The highest BCUT2D eigenvalue weighted by atomic mass is 16.5. The van der Waals surface area contributed by atoms with E-state index in [2.05, 4.69) is 0 Å². The van der Waals surface area contributed by atoms with Crippen molar-refractivity contribution in [2.75, 3.05) is 47.0 Å². The Bertz CT molecular complexity index is 787. The number of piperidine rings is 2. The number of hydrogen-bond acceptors (Lipinski definition) is 5. The molecular weight excluding hydrogens is 396 g/mol. The first-order chi connectivity index (χ1) is 15.0. The Labute approximate surface area is 184 Å². The van der Waals surface area contributed by atoms with Crippen LogP contribution in [0.25, 0.3) is 0 Å². The first kappa shape index (κ1) is 21.9. The van der Waals surface area contributed by atoms with E-state index in [-0.39, 0.29) is 23.3 Å². The summed E-state index contributed by atoms with van der Waals surface area (Å²) in [6.07, 6.45) is 6.84. The summed E-state index contributed by atoms with van der Waals surface area (Å²) in [7, 11) is 3.14. The average Bonchev–Trinajstić information content (AvgIpc) is 2.84. The van der Waals surface area contributed by atoms with E-state index in [4.69, 9.17) is 14.2 Å². The molecule has 4 rings (SSSR count). The topological polar surface area (TPSA) is 68.3 Å². The molecule has 3 aliphatic heterocycles. The third-order valence-corrected chi connectivity index (χ3v) is 7.19. The van der Waals surface area contributed by atoms with E-state index in [1.165, 1.54) is 6.42 Å². The highest BCUT2D eigenvalue weighted by molar-refractivity contribution is 5.97. The van der Waals surface area contributed by atoms with Crippen LogP contribution in [0.2, 0.25) is 0 Å². The van der Waals surface area contributed by atoms with Gasteiger partial charge in [0.2, 0.25) is 5.91 Å². The lowest BCUT2D eigenvalue weighted by Crippen LogP contribution is -2.51. The molecule has 1 aromatic carbocycles. The van der Waals surface area contributed by atoms with Gasteiger partial charge in [0.25, 0.3) is 5.91 Å². The van der Waals surface area contributed by atoms with Crippen molar-refractivity contribution in [2.45, 2.75) is 50.5 Å². The minimum atomic E-state index is -0.0558. The van der Waals surface area contributed by atoms with Gasteiger partial charge in [-0.3, -0.25) is 9.59 Å². The lowest BCUT2D eigenvalue weighted by molar-refractivity contribution is -0.147. The molecule has 0 radical (unpaired) electrons. The fourth-order valence-electron chi connectivity index (χ4n) is 5.17. The van der Waals surface area contributed by atoms with Crippen molar-refractivity contribution in [3.05, 3.63) is 23.8 Å². The van der Waals surface area contributed by atoms with E-state index in [1.54, 1.807) is 32.4 Å². The minimum Gasteiger partial charge on any atom is -0.497 e. The number of likely N-dealkylation sites (tertiary alicyclic amines) is 2. The number of ether oxygens (including phenoxy) is 3. The number of benzene rings is 1. The van der Waals surface area contributed by atoms with Crippen LogP contribution in [0.1, 0.15) is 55.3 Å². The first-order valence-corrected chi connectivity index (χ1v) is 11.5. The predicted molar refractivity (Wildman–Crippen MR) is 117 cm³/mol. The summed E-state index contributed by atoms with van der Waals surface area (Å²) in [5.74, 6) is 1.36. The van der Waals surface area contributed by atoms with Crippen LogP contribution >= 0.6 is 0 Å². The number of nitrogens with zero attached hydrogens (tertiary/aromatic N) is 2. The number of carbonyl (C=O) groups excluding carboxylic acids is 2. The summed E-state index contributed by atoms with van der Waals surface area (Å²) >= 11 is 0. The molecule has 170 valence electrons. The summed E-state index contributed by atoms with van der Waals surface area (Å²) in [4.78, 5) is 30.0. The zero-order valence-corrected chi connectivity index (χ0v) is 18.7. The number of hydrogen-bond donors (Lipinski definition) is 0. The van der Waals surface area contributed by atoms with Gasteiger partial charge in [-0.25, -0.2) is 0 Å². The Morgan fingerprint density at radius 1 is 0.968 bits per heavy atom. The smallest absolute Gasteiger partial charge is 0.257 e. The van der Waals surface area contributed by atoms with Gasteiger partial charge >= 0.3 is 0 Å². The molecule has 0 atom stereocenters. The third kappa shape index (κ3) is 4.66. The molecule has 1 spiro atoms. The van der Waals surface area contributed by atoms with Crippen molar-refractivity contribution in [3.8, 4) is 11.5 Å². The zero-order valence-electron chi connectivity index (χ0n) is 18.7. The molecule has 3 aliphatic rings. The second-order valence-electron chi connectivity index (χ2n) is 8.95. The standard InChI is InChI=1S/C24H34N2O5/c1-29-19-5-6-20(21(17-19)30-2)23(28)25-12-7-18(8-13-25)22(27)26-14-10-24(11-15-26)9-3-4-16-31-24/h5-6,17-18H,3-4,7-16H2,1-2H3. The molecule has 3 saturated heterocycles. The van der Waals surface area contributed by atoms with E-state index in [9.17, 15) is 9.59 Å². The Hall–Kier alpha value is -2.28. The van der Waals surface area contributed by atoms with Crippen molar-refractivity contribution in [3.63, 3.8) is 0 Å². The van der Waals surface area contributed by atoms with Crippen LogP contribution in [0.5, 0.6) is 11.5 Å². The van der Waals surface area contributed by atoms with E-state index >= 15 is 0 Å². The van der Waals surface area contributed by atoms with Gasteiger partial charge < -0.3 is 24.0 Å². The second-order valence-corrected chi connectivity index (χ2v) is 8.95. The summed E-state index contributed by atoms with van der Waals surface area (Å²) in [6, 6.07) is 5.24. The first-order valence-electron chi connectivity index (χ1n) is 11.5. The monoisotopic (exact) mass is 430 g/mol. The average molecular weight is 431 g/mol. The van der Waals surface area contributed by atoms with Crippen LogP contribution in [0.3, 0.4) is 0 Å². The molecule has 0 N–H and O–H groups in total. The summed E-state index contributed by atoms with van der Waals surface area (Å²) in [5, 5.41) is 0. The van der Waals surface area contributed by atoms with Gasteiger partial charge in [0, 0.05) is 44.8 Å². The van der Waals surface area contributed by atoms with E-state index in [0.29, 0.717) is 43.0 Å². The second kappa shape index (κ2) is 9.47. The van der Waals surface area contributed by atoms with Crippen molar-refractivity contribution < 1.29 is 23.8 Å². The van der Waals surface area contributed by atoms with Crippen LogP contribution in [-0.4, -0.2) is 74.2 Å². The Balaban J connectivity index is 1.30. The van der Waals surface area contributed by atoms with Gasteiger partial charge in [0.05, 0.1) is 25.4 Å². The Morgan fingerprint density at radius 3 is 2.32 bits per heavy atom. The Morgan fingerprint density at radius 2 is 1.71 bits per heavy atom. The highest BCUT2D eigenvalue weighted by Crippen LogP contribution is 2.36. The molecule has 0 bridgehead atoms. The SMILES string of the molecule is COc1ccc(C(=O)N2CCC(C(=O)N3CCC4(CCCCO4)CC3)CC2)c(OC)c1. The molecule has 0 unspecified atom stereocenters. The van der Waals surface area contributed by atoms with Crippen LogP contribution in [0.15, 0.2) is 18.2 Å². The van der Waals surface area contributed by atoms with E-state index in [1.807, 2.05) is 9.80 Å². The molecule has 1 aromatic rings. The fraction of sp³-hybridized carbons (Fsp3) is 0.667. The van der Waals surface area contributed by atoms with Crippen molar-refractivity contribution in [1.82, 2.24) is 9.80 Å². The maximum atomic E-state index is 13.1. The van der Waals surface area contributed by atoms with Gasteiger partial charge in [-0.05, 0) is 57.1 Å². The van der Waals surface area contributed by atoms with Crippen LogP contribution < -0.4 is 9.47 Å². The number of carbonyl (C=O) groups is 2. The predicted octanol–water partition coefficient (Wildman–Crippen LogP) is 3.12. The lowest BCUT2D eigenvalue weighted by Gasteiger charge is -2.45. The normalized spacial score (nSPS) is 21.7. The number of methoxy groups -OCH3 is 2. The maximum Gasteiger partial charge on any atom is 0.257 e. The van der Waals surface area contributed by atoms with Crippen LogP contribution in [-0.2, 0) is 9.53 Å². The molecule has 0 aromatic heterocycles. The Kier molecular flexibility index (Phi) is 6.70. The highest BCUT2D eigenvalue weighted by Gasteiger charge is 2.39. The number of amides is 2. The molecule has 3 heterocycles. The maximum absolute atomic E-state index is 13.1. The summed E-state index contributed by atoms with van der Waals surface area (Å²) < 4.78 is 16.7. The quantitative estimate of drug-likeness (QED) is 0.734. The van der Waals surface area contributed by atoms with E-state index < -0.39 is 0 Å². The van der Waals surface area contributed by atoms with Crippen molar-refractivity contribution in [1.29, 1.82) is 0 Å². The zero-order chi connectivity index (χ0) is 21.8. The molecule has 7 nitrogen and oxygen atoms in total. The largest absolute Gasteiger partial charge is 0.497 e. The number of rotatable bonds is 4. The lowest BCUT2D eigenvalue weighted by atomic mass is 9.84. The van der Waals surface area contributed by atoms with Gasteiger partial charge in [0.15, 0.2) is 0 Å². The molecule has 0 aliphatic carbocycles. The molecule has 0 saturated carbocycles. The van der Waals surface area contributed by atoms with Gasteiger partial charge in [-0.1, -0.05) is 0 Å². The molecule has 2 amide bonds. The molecule has 3 fully saturated rings. The van der Waals surface area contributed by atoms with Gasteiger partial charge in [0.1, 0.15) is 11.5 Å². The van der Waals surface area contributed by atoms with Crippen molar-refractivity contribution in [2.24, 2.45) is 5.92 Å². The summed E-state index contributed by atoms with van der Waals surface area (Å²) in [6.45, 7) is 3.62. The third-order valence-electron chi connectivity index (χ3n) is 7.19. The van der Waals surface area contributed by atoms with E-state index in [0.717, 1.165) is 45.4 Å². The molecule has 7 heteroatoms. The van der Waals surface area contributed by atoms with Crippen LogP contribution in [0.4, 0.5) is 0 Å². The van der Waals surface area contributed by atoms with Gasteiger partial charge in [-0.2, -0.15) is 0 Å².